The third-order valence-corrected chi connectivity index (χ3v) is 6.53. The van der Waals surface area contributed by atoms with E-state index >= 15 is 0 Å². The second-order valence-corrected chi connectivity index (χ2v) is 8.09. The number of morpholine rings is 1. The molecule has 2 aliphatic rings. The maximum atomic E-state index is 5.56. The standard InChI is InChI=1S/C20H32N4O2S.HI/c1-3-21-19(22-14-17-6-4-5-7-18(17)25-2)23-15-20(8-13-27-16-20)24-9-11-26-12-10-24;/h4-7H,3,8-16H2,1-2H3,(H2,21,22,23);1H. The van der Waals surface area contributed by atoms with Crippen molar-refractivity contribution in [3.63, 3.8) is 0 Å². The molecule has 2 aliphatic heterocycles. The van der Waals surface area contributed by atoms with Gasteiger partial charge in [0.15, 0.2) is 5.96 Å². The number of nitrogens with one attached hydrogen (secondary N) is 2. The Hall–Kier alpha value is -0.710. The Balaban J connectivity index is 0.00000280. The van der Waals surface area contributed by atoms with Crippen molar-refractivity contribution in [2.45, 2.75) is 25.4 Å². The average Bonchev–Trinajstić information content (AvgIpc) is 3.21. The van der Waals surface area contributed by atoms with Crippen LogP contribution < -0.4 is 15.4 Å². The quantitative estimate of drug-likeness (QED) is 0.328. The molecule has 0 radical (unpaired) electrons. The second kappa shape index (κ2) is 12.1. The van der Waals surface area contributed by atoms with E-state index in [4.69, 9.17) is 14.5 Å². The molecule has 0 amide bonds. The summed E-state index contributed by atoms with van der Waals surface area (Å²) in [5.74, 6) is 4.15. The largest absolute Gasteiger partial charge is 0.496 e. The number of thioether (sulfide) groups is 1. The fourth-order valence-electron chi connectivity index (χ4n) is 3.72. The number of methoxy groups -OCH3 is 1. The minimum absolute atomic E-state index is 0. The smallest absolute Gasteiger partial charge is 0.191 e. The molecule has 1 unspecified atom stereocenters. The summed E-state index contributed by atoms with van der Waals surface area (Å²) in [4.78, 5) is 7.41. The molecule has 1 aromatic rings. The van der Waals surface area contributed by atoms with Gasteiger partial charge >= 0.3 is 0 Å². The summed E-state index contributed by atoms with van der Waals surface area (Å²) in [5, 5.41) is 6.99. The number of halogens is 1. The minimum atomic E-state index is 0. The Morgan fingerprint density at radius 2 is 2.07 bits per heavy atom. The first-order valence-electron chi connectivity index (χ1n) is 9.82. The second-order valence-electron chi connectivity index (χ2n) is 6.99. The Morgan fingerprint density at radius 1 is 1.29 bits per heavy atom. The van der Waals surface area contributed by atoms with E-state index in [-0.39, 0.29) is 29.5 Å². The van der Waals surface area contributed by atoms with Crippen molar-refractivity contribution in [2.75, 3.05) is 58.0 Å². The van der Waals surface area contributed by atoms with Crippen LogP contribution in [0.1, 0.15) is 18.9 Å². The number of rotatable bonds is 7. The van der Waals surface area contributed by atoms with E-state index in [1.807, 2.05) is 18.2 Å². The van der Waals surface area contributed by atoms with E-state index in [1.54, 1.807) is 7.11 Å². The van der Waals surface area contributed by atoms with Crippen molar-refractivity contribution < 1.29 is 9.47 Å². The van der Waals surface area contributed by atoms with Crippen LogP contribution in [0.3, 0.4) is 0 Å². The average molecular weight is 520 g/mol. The normalized spacial score (nSPS) is 23.1. The maximum Gasteiger partial charge on any atom is 0.191 e. The van der Waals surface area contributed by atoms with Crippen LogP contribution in [0.25, 0.3) is 0 Å². The maximum absolute atomic E-state index is 5.56. The predicted octanol–water partition coefficient (Wildman–Crippen LogP) is 2.58. The van der Waals surface area contributed by atoms with Crippen LogP contribution >= 0.6 is 35.7 Å². The molecule has 28 heavy (non-hydrogen) atoms. The van der Waals surface area contributed by atoms with Gasteiger partial charge in [0.1, 0.15) is 5.75 Å². The van der Waals surface area contributed by atoms with E-state index in [0.29, 0.717) is 6.54 Å². The molecule has 0 aliphatic carbocycles. The Bertz CT molecular complexity index is 620. The lowest BCUT2D eigenvalue weighted by molar-refractivity contribution is -0.0120. The van der Waals surface area contributed by atoms with Crippen LogP contribution in [-0.4, -0.2) is 74.4 Å². The molecule has 2 saturated heterocycles. The van der Waals surface area contributed by atoms with Crippen LogP contribution in [0.4, 0.5) is 0 Å². The van der Waals surface area contributed by atoms with Crippen molar-refractivity contribution in [2.24, 2.45) is 4.99 Å². The zero-order valence-corrected chi connectivity index (χ0v) is 20.1. The molecule has 0 aromatic heterocycles. The number of guanidine groups is 1. The molecule has 6 nitrogen and oxygen atoms in total. The minimum Gasteiger partial charge on any atom is -0.496 e. The van der Waals surface area contributed by atoms with Crippen LogP contribution in [0.2, 0.25) is 0 Å². The molecule has 0 bridgehead atoms. The number of para-hydroxylation sites is 1. The van der Waals surface area contributed by atoms with Gasteiger partial charge in [-0.3, -0.25) is 4.90 Å². The summed E-state index contributed by atoms with van der Waals surface area (Å²) < 4.78 is 11.0. The highest BCUT2D eigenvalue weighted by Crippen LogP contribution is 2.33. The van der Waals surface area contributed by atoms with Crippen molar-refractivity contribution in [3.05, 3.63) is 29.8 Å². The predicted molar refractivity (Wildman–Crippen MR) is 128 cm³/mol. The summed E-state index contributed by atoms with van der Waals surface area (Å²) in [5.41, 5.74) is 1.30. The Labute approximate surface area is 190 Å². The zero-order valence-electron chi connectivity index (χ0n) is 16.9. The van der Waals surface area contributed by atoms with E-state index < -0.39 is 0 Å². The molecular formula is C20H33IN4O2S. The lowest BCUT2D eigenvalue weighted by Gasteiger charge is -2.43. The molecule has 3 rings (SSSR count). The Kier molecular flexibility index (Phi) is 10.2. The van der Waals surface area contributed by atoms with E-state index in [1.165, 1.54) is 17.9 Å². The molecular weight excluding hydrogens is 487 g/mol. The lowest BCUT2D eigenvalue weighted by Crippen LogP contribution is -2.60. The van der Waals surface area contributed by atoms with Crippen molar-refractivity contribution in [1.82, 2.24) is 15.5 Å². The molecule has 2 fully saturated rings. The van der Waals surface area contributed by atoms with Crippen molar-refractivity contribution in [1.29, 1.82) is 0 Å². The highest BCUT2D eigenvalue weighted by molar-refractivity contribution is 14.0. The first-order valence-corrected chi connectivity index (χ1v) is 11.0. The number of hydrogen-bond acceptors (Lipinski definition) is 5. The third-order valence-electron chi connectivity index (χ3n) is 5.29. The van der Waals surface area contributed by atoms with Gasteiger partial charge in [0.05, 0.1) is 26.9 Å². The van der Waals surface area contributed by atoms with Gasteiger partial charge in [0, 0.05) is 43.0 Å². The van der Waals surface area contributed by atoms with Crippen LogP contribution in [-0.2, 0) is 11.3 Å². The number of hydrogen-bond donors (Lipinski definition) is 2. The number of nitrogens with zero attached hydrogens (tertiary/aromatic N) is 2. The van der Waals surface area contributed by atoms with Gasteiger partial charge in [-0.1, -0.05) is 18.2 Å². The number of aliphatic imine (C=N–C) groups is 1. The first-order chi connectivity index (χ1) is 13.3. The van der Waals surface area contributed by atoms with E-state index in [0.717, 1.165) is 56.7 Å². The fourth-order valence-corrected chi connectivity index (χ4v) is 5.20. The van der Waals surface area contributed by atoms with Gasteiger partial charge in [0.2, 0.25) is 0 Å². The molecule has 2 N–H and O–H groups in total. The van der Waals surface area contributed by atoms with Crippen molar-refractivity contribution in [3.8, 4) is 5.75 Å². The summed E-state index contributed by atoms with van der Waals surface area (Å²) in [6, 6.07) is 8.05. The molecule has 158 valence electrons. The highest BCUT2D eigenvalue weighted by atomic mass is 127. The highest BCUT2D eigenvalue weighted by Gasteiger charge is 2.40. The number of ether oxygens (including phenoxy) is 2. The third kappa shape index (κ3) is 6.14. The van der Waals surface area contributed by atoms with Crippen LogP contribution in [0.15, 0.2) is 29.3 Å². The topological polar surface area (TPSA) is 58.1 Å². The fraction of sp³-hybridized carbons (Fsp3) is 0.650. The lowest BCUT2D eigenvalue weighted by atomic mass is 9.95. The zero-order chi connectivity index (χ0) is 19.0. The van der Waals surface area contributed by atoms with Crippen LogP contribution in [0, 0.1) is 0 Å². The van der Waals surface area contributed by atoms with Gasteiger partial charge < -0.3 is 20.1 Å². The molecule has 2 heterocycles. The van der Waals surface area contributed by atoms with E-state index in [9.17, 15) is 0 Å². The molecule has 1 atom stereocenters. The number of benzene rings is 1. The summed E-state index contributed by atoms with van der Waals surface area (Å²) in [6.07, 6.45) is 1.22. The SMILES string of the molecule is CCNC(=NCc1ccccc1OC)NCC1(N2CCOCC2)CCSC1.I. The Morgan fingerprint density at radius 3 is 2.75 bits per heavy atom. The summed E-state index contributed by atoms with van der Waals surface area (Å²) >= 11 is 2.06. The molecule has 1 aromatic carbocycles. The van der Waals surface area contributed by atoms with Crippen molar-refractivity contribution >= 4 is 41.7 Å². The van der Waals surface area contributed by atoms with Gasteiger partial charge in [0.25, 0.3) is 0 Å². The molecule has 8 heteroatoms. The molecule has 0 saturated carbocycles. The van der Waals surface area contributed by atoms with Gasteiger partial charge in [-0.2, -0.15) is 11.8 Å². The van der Waals surface area contributed by atoms with Gasteiger partial charge in [-0.15, -0.1) is 24.0 Å². The summed E-state index contributed by atoms with van der Waals surface area (Å²) in [6.45, 7) is 8.19. The van der Waals surface area contributed by atoms with Gasteiger partial charge in [-0.05, 0) is 25.2 Å². The van der Waals surface area contributed by atoms with Crippen LogP contribution in [0.5, 0.6) is 5.75 Å². The monoisotopic (exact) mass is 520 g/mol. The summed E-state index contributed by atoms with van der Waals surface area (Å²) in [7, 11) is 1.70. The van der Waals surface area contributed by atoms with Gasteiger partial charge in [-0.25, -0.2) is 4.99 Å². The molecule has 0 spiro atoms. The first kappa shape index (κ1) is 23.6. The van der Waals surface area contributed by atoms with E-state index in [2.05, 4.69) is 40.3 Å².